The maximum Gasteiger partial charge on any atom is 0.158 e. The number of halogens is 1. The molecule has 0 aliphatic heterocycles. The molecule has 0 saturated carbocycles. The van der Waals surface area contributed by atoms with Crippen molar-refractivity contribution >= 4 is 28.4 Å². The summed E-state index contributed by atoms with van der Waals surface area (Å²) in [5, 5.41) is 4.15. The molecule has 0 amide bonds. The summed E-state index contributed by atoms with van der Waals surface area (Å²) in [5.74, 6) is 5.73. The topological polar surface area (TPSA) is 81.6 Å². The number of aromatic nitrogens is 4. The molecule has 15 heavy (non-hydrogen) atoms. The summed E-state index contributed by atoms with van der Waals surface area (Å²) in [6, 6.07) is 0. The van der Waals surface area contributed by atoms with Crippen molar-refractivity contribution in [1.82, 2.24) is 19.7 Å². The summed E-state index contributed by atoms with van der Waals surface area (Å²) in [4.78, 5) is 8.24. The van der Waals surface area contributed by atoms with Gasteiger partial charge >= 0.3 is 0 Å². The molecule has 0 saturated heterocycles. The predicted octanol–water partition coefficient (Wildman–Crippen LogP) is 0.612. The molecule has 78 valence electrons. The Bertz CT molecular complexity index is 437. The minimum Gasteiger partial charge on any atom is -0.307 e. The van der Waals surface area contributed by atoms with E-state index in [1.165, 1.54) is 0 Å². The van der Waals surface area contributed by atoms with Crippen LogP contribution in [0.5, 0.6) is 0 Å². The minimum atomic E-state index is 0.550. The molecule has 0 aromatic carbocycles. The van der Waals surface area contributed by atoms with Gasteiger partial charge in [-0.05, 0) is 22.6 Å². The Morgan fingerprint density at radius 3 is 2.73 bits per heavy atom. The third-order valence-corrected chi connectivity index (χ3v) is 2.34. The van der Waals surface area contributed by atoms with Gasteiger partial charge in [0.05, 0.1) is 34.4 Å². The fraction of sp³-hybridized carbons (Fsp3) is 0.125. The van der Waals surface area contributed by atoms with Crippen molar-refractivity contribution in [3.8, 4) is 0 Å². The predicted molar refractivity (Wildman–Crippen MR) is 63.9 cm³/mol. The molecular formula is C8H9IN6. The maximum atomic E-state index is 5.18. The van der Waals surface area contributed by atoms with Gasteiger partial charge in [-0.15, -0.1) is 0 Å². The van der Waals surface area contributed by atoms with Crippen molar-refractivity contribution in [1.29, 1.82) is 0 Å². The summed E-state index contributed by atoms with van der Waals surface area (Å²) < 4.78 is 2.90. The van der Waals surface area contributed by atoms with Crippen LogP contribution >= 0.6 is 22.6 Å². The Morgan fingerprint density at radius 1 is 1.33 bits per heavy atom. The SMILES string of the molecule is NNc1cnc(Cn2cc(I)cn2)cn1. The van der Waals surface area contributed by atoms with Crippen LogP contribution in [0.15, 0.2) is 24.8 Å². The van der Waals surface area contributed by atoms with E-state index in [9.17, 15) is 0 Å². The van der Waals surface area contributed by atoms with Crippen molar-refractivity contribution in [3.63, 3.8) is 0 Å². The van der Waals surface area contributed by atoms with Gasteiger partial charge in [0, 0.05) is 6.20 Å². The monoisotopic (exact) mass is 316 g/mol. The Labute approximate surface area is 100 Å². The number of hydrogen-bond acceptors (Lipinski definition) is 5. The Morgan fingerprint density at radius 2 is 2.20 bits per heavy atom. The molecule has 3 N–H and O–H groups in total. The van der Waals surface area contributed by atoms with Gasteiger partial charge in [-0.3, -0.25) is 9.67 Å². The third-order valence-electron chi connectivity index (χ3n) is 1.78. The van der Waals surface area contributed by atoms with Crippen molar-refractivity contribution in [2.24, 2.45) is 5.84 Å². The van der Waals surface area contributed by atoms with Crippen LogP contribution in [0.25, 0.3) is 0 Å². The second-order valence-corrected chi connectivity index (χ2v) is 4.14. The quantitative estimate of drug-likeness (QED) is 0.493. The summed E-state index contributed by atoms with van der Waals surface area (Å²) in [5.41, 5.74) is 3.27. The lowest BCUT2D eigenvalue weighted by Gasteiger charge is -2.01. The van der Waals surface area contributed by atoms with Gasteiger partial charge in [-0.25, -0.2) is 10.8 Å². The second kappa shape index (κ2) is 4.53. The zero-order valence-corrected chi connectivity index (χ0v) is 9.92. The van der Waals surface area contributed by atoms with Crippen molar-refractivity contribution in [2.45, 2.75) is 6.54 Å². The molecule has 0 unspecified atom stereocenters. The zero-order valence-electron chi connectivity index (χ0n) is 7.76. The number of rotatable bonds is 3. The fourth-order valence-corrected chi connectivity index (χ4v) is 1.55. The Kier molecular flexibility index (Phi) is 3.11. The molecule has 7 heteroatoms. The van der Waals surface area contributed by atoms with Crippen molar-refractivity contribution in [3.05, 3.63) is 34.1 Å². The van der Waals surface area contributed by atoms with Crippen LogP contribution in [0.2, 0.25) is 0 Å². The standard InChI is InChI=1S/C8H9IN6/c9-6-1-13-15(4-6)5-7-2-12-8(14-10)3-11-7/h1-4H,5,10H2,(H,12,14). The van der Waals surface area contributed by atoms with Gasteiger partial charge in [0.2, 0.25) is 0 Å². The van der Waals surface area contributed by atoms with Gasteiger partial charge in [-0.1, -0.05) is 0 Å². The van der Waals surface area contributed by atoms with E-state index >= 15 is 0 Å². The number of anilines is 1. The number of nitrogens with zero attached hydrogens (tertiary/aromatic N) is 4. The maximum absolute atomic E-state index is 5.18. The molecule has 6 nitrogen and oxygen atoms in total. The zero-order chi connectivity index (χ0) is 10.7. The van der Waals surface area contributed by atoms with Gasteiger partial charge < -0.3 is 5.43 Å². The second-order valence-electron chi connectivity index (χ2n) is 2.89. The summed E-state index contributed by atoms with van der Waals surface area (Å²) in [6.45, 7) is 0.612. The van der Waals surface area contributed by atoms with E-state index in [0.29, 0.717) is 12.4 Å². The highest BCUT2D eigenvalue weighted by molar-refractivity contribution is 14.1. The number of nitrogen functional groups attached to an aromatic ring is 1. The smallest absolute Gasteiger partial charge is 0.158 e. The molecule has 0 fully saturated rings. The lowest BCUT2D eigenvalue weighted by molar-refractivity contribution is 0.670. The van der Waals surface area contributed by atoms with Crippen LogP contribution in [-0.4, -0.2) is 19.7 Å². The van der Waals surface area contributed by atoms with Crippen LogP contribution in [0.3, 0.4) is 0 Å². The summed E-state index contributed by atoms with van der Waals surface area (Å²) >= 11 is 2.21. The first-order valence-corrected chi connectivity index (χ1v) is 5.31. The van der Waals surface area contributed by atoms with Gasteiger partial charge in [-0.2, -0.15) is 5.10 Å². The molecule has 0 aliphatic rings. The first-order chi connectivity index (χ1) is 7.28. The first kappa shape index (κ1) is 10.3. The average Bonchev–Trinajstić information content (AvgIpc) is 2.65. The number of nitrogens with one attached hydrogen (secondary N) is 1. The minimum absolute atomic E-state index is 0.550. The van der Waals surface area contributed by atoms with E-state index in [1.807, 2.05) is 6.20 Å². The van der Waals surface area contributed by atoms with Crippen molar-refractivity contribution in [2.75, 3.05) is 5.43 Å². The van der Waals surface area contributed by atoms with Crippen LogP contribution in [-0.2, 0) is 6.54 Å². The molecule has 0 atom stereocenters. The highest BCUT2D eigenvalue weighted by Gasteiger charge is 1.99. The van der Waals surface area contributed by atoms with Crippen LogP contribution in [0.4, 0.5) is 5.82 Å². The van der Waals surface area contributed by atoms with E-state index in [2.05, 4.69) is 43.1 Å². The molecule has 0 aliphatic carbocycles. The molecule has 2 rings (SSSR count). The van der Waals surface area contributed by atoms with E-state index in [0.717, 1.165) is 9.26 Å². The largest absolute Gasteiger partial charge is 0.307 e. The Balaban J connectivity index is 2.11. The van der Waals surface area contributed by atoms with Crippen LogP contribution < -0.4 is 11.3 Å². The molecular weight excluding hydrogens is 307 g/mol. The van der Waals surface area contributed by atoms with Crippen molar-refractivity contribution < 1.29 is 0 Å². The molecule has 0 bridgehead atoms. The van der Waals surface area contributed by atoms with E-state index in [4.69, 9.17) is 5.84 Å². The van der Waals surface area contributed by atoms with Gasteiger partial charge in [0.25, 0.3) is 0 Å². The number of hydrazine groups is 1. The van der Waals surface area contributed by atoms with Gasteiger partial charge in [0.1, 0.15) is 0 Å². The molecule has 2 aromatic rings. The lowest BCUT2D eigenvalue weighted by atomic mass is 10.4. The van der Waals surface area contributed by atoms with Crippen LogP contribution in [0.1, 0.15) is 5.69 Å². The van der Waals surface area contributed by atoms with Gasteiger partial charge in [0.15, 0.2) is 5.82 Å². The highest BCUT2D eigenvalue weighted by atomic mass is 127. The molecule has 0 spiro atoms. The fourth-order valence-electron chi connectivity index (χ4n) is 1.10. The lowest BCUT2D eigenvalue weighted by Crippen LogP contribution is -2.10. The van der Waals surface area contributed by atoms with E-state index < -0.39 is 0 Å². The van der Waals surface area contributed by atoms with E-state index in [1.54, 1.807) is 23.3 Å². The molecule has 0 radical (unpaired) electrons. The Hall–Kier alpha value is -1.22. The molecule has 2 heterocycles. The summed E-state index contributed by atoms with van der Waals surface area (Å²) in [6.07, 6.45) is 6.99. The molecule has 2 aromatic heterocycles. The first-order valence-electron chi connectivity index (χ1n) is 4.23. The summed E-state index contributed by atoms with van der Waals surface area (Å²) in [7, 11) is 0. The average molecular weight is 316 g/mol. The normalized spacial score (nSPS) is 10.3. The number of hydrogen-bond donors (Lipinski definition) is 2. The number of nitrogens with two attached hydrogens (primary N) is 1. The van der Waals surface area contributed by atoms with E-state index in [-0.39, 0.29) is 0 Å². The highest BCUT2D eigenvalue weighted by Crippen LogP contribution is 2.04. The van der Waals surface area contributed by atoms with Crippen LogP contribution in [0, 0.1) is 3.57 Å². The third kappa shape index (κ3) is 2.63.